The first-order chi connectivity index (χ1) is 9.63. The molecular formula is C12H15N5O3. The number of nitrogens with one attached hydrogen (secondary N) is 2. The summed E-state index contributed by atoms with van der Waals surface area (Å²) < 4.78 is 0. The van der Waals surface area contributed by atoms with E-state index in [2.05, 4.69) is 20.7 Å². The van der Waals surface area contributed by atoms with Gasteiger partial charge in [-0.3, -0.25) is 4.79 Å². The van der Waals surface area contributed by atoms with Crippen LogP contribution in [0.1, 0.15) is 12.0 Å². The molecule has 106 valence electrons. The Morgan fingerprint density at radius 2 is 2.05 bits per heavy atom. The zero-order valence-corrected chi connectivity index (χ0v) is 10.7. The van der Waals surface area contributed by atoms with Crippen molar-refractivity contribution in [3.8, 4) is 0 Å². The maximum Gasteiger partial charge on any atom is 0.405 e. The summed E-state index contributed by atoms with van der Waals surface area (Å²) >= 11 is 0. The molecule has 3 N–H and O–H groups in total. The fourth-order valence-electron chi connectivity index (χ4n) is 1.56. The fourth-order valence-corrected chi connectivity index (χ4v) is 1.56. The molecule has 0 heterocycles. The third-order valence-electron chi connectivity index (χ3n) is 2.50. The minimum atomic E-state index is -1.30. The number of hydrogen-bond donors (Lipinski definition) is 3. The van der Waals surface area contributed by atoms with Crippen molar-refractivity contribution in [2.75, 3.05) is 6.54 Å². The smallest absolute Gasteiger partial charge is 0.405 e. The van der Waals surface area contributed by atoms with Crippen LogP contribution in [-0.4, -0.2) is 29.7 Å². The summed E-state index contributed by atoms with van der Waals surface area (Å²) in [7, 11) is 0. The standard InChI is InChI=1S/C12H15N5O3/c13-17-15-7-6-10(16-12(19)20)11(18)14-8-9-4-2-1-3-5-9/h1-5,10,16H,6-8H2,(H,14,18)(H,19,20). The number of benzene rings is 1. The van der Waals surface area contributed by atoms with E-state index in [0.29, 0.717) is 6.54 Å². The van der Waals surface area contributed by atoms with Gasteiger partial charge < -0.3 is 15.7 Å². The molecule has 0 saturated carbocycles. The van der Waals surface area contributed by atoms with Crippen molar-refractivity contribution in [3.05, 3.63) is 46.3 Å². The normalized spacial score (nSPS) is 11.0. The largest absolute Gasteiger partial charge is 0.465 e. The molecule has 1 rings (SSSR count). The molecular weight excluding hydrogens is 262 g/mol. The molecule has 1 atom stereocenters. The SMILES string of the molecule is [N-]=[N+]=NCCC(NC(=O)O)C(=O)NCc1ccccc1. The van der Waals surface area contributed by atoms with Crippen molar-refractivity contribution in [2.24, 2.45) is 5.11 Å². The molecule has 2 amide bonds. The maximum absolute atomic E-state index is 11.9. The van der Waals surface area contributed by atoms with Gasteiger partial charge in [0.15, 0.2) is 0 Å². The Bertz CT molecular complexity index is 499. The quantitative estimate of drug-likeness (QED) is 0.398. The number of nitrogens with zero attached hydrogens (tertiary/aromatic N) is 3. The molecule has 0 aliphatic carbocycles. The predicted molar refractivity (Wildman–Crippen MR) is 71.9 cm³/mol. The van der Waals surface area contributed by atoms with Gasteiger partial charge in [-0.1, -0.05) is 35.4 Å². The zero-order chi connectivity index (χ0) is 14.8. The van der Waals surface area contributed by atoms with E-state index in [1.165, 1.54) is 0 Å². The van der Waals surface area contributed by atoms with Crippen molar-refractivity contribution < 1.29 is 14.7 Å². The third kappa shape index (κ3) is 5.74. The first-order valence-electron chi connectivity index (χ1n) is 5.95. The highest BCUT2D eigenvalue weighted by Crippen LogP contribution is 1.99. The Kier molecular flexibility index (Phi) is 6.43. The summed E-state index contributed by atoms with van der Waals surface area (Å²) in [5, 5.41) is 16.7. The average molecular weight is 277 g/mol. The minimum absolute atomic E-state index is 0.0419. The lowest BCUT2D eigenvalue weighted by atomic mass is 10.1. The summed E-state index contributed by atoms with van der Waals surface area (Å²) in [5.41, 5.74) is 9.08. The Hall–Kier alpha value is -2.73. The number of hydrogen-bond acceptors (Lipinski definition) is 3. The Labute approximate surface area is 115 Å². The lowest BCUT2D eigenvalue weighted by Gasteiger charge is -2.15. The summed E-state index contributed by atoms with van der Waals surface area (Å²) in [6.45, 7) is 0.346. The van der Waals surface area contributed by atoms with Gasteiger partial charge in [-0.25, -0.2) is 4.79 Å². The second kappa shape index (κ2) is 8.39. The van der Waals surface area contributed by atoms with Gasteiger partial charge >= 0.3 is 6.09 Å². The fraction of sp³-hybridized carbons (Fsp3) is 0.333. The van der Waals surface area contributed by atoms with E-state index in [0.717, 1.165) is 5.56 Å². The Balaban J connectivity index is 2.53. The third-order valence-corrected chi connectivity index (χ3v) is 2.50. The van der Waals surface area contributed by atoms with Gasteiger partial charge in [0, 0.05) is 18.0 Å². The van der Waals surface area contributed by atoms with Crippen LogP contribution in [0.4, 0.5) is 4.79 Å². The van der Waals surface area contributed by atoms with Crippen molar-refractivity contribution in [1.29, 1.82) is 0 Å². The number of rotatable bonds is 7. The van der Waals surface area contributed by atoms with E-state index in [-0.39, 0.29) is 13.0 Å². The molecule has 20 heavy (non-hydrogen) atoms. The van der Waals surface area contributed by atoms with Crippen LogP contribution < -0.4 is 10.6 Å². The second-order valence-electron chi connectivity index (χ2n) is 3.95. The molecule has 1 aromatic rings. The molecule has 0 fully saturated rings. The molecule has 0 saturated heterocycles. The molecule has 8 heteroatoms. The van der Waals surface area contributed by atoms with E-state index < -0.39 is 18.0 Å². The number of carboxylic acid groups (broad SMARTS) is 1. The summed E-state index contributed by atoms with van der Waals surface area (Å²) in [4.78, 5) is 25.1. The number of azide groups is 1. The van der Waals surface area contributed by atoms with Gasteiger partial charge in [-0.05, 0) is 17.5 Å². The highest BCUT2D eigenvalue weighted by molar-refractivity contribution is 5.85. The first-order valence-corrected chi connectivity index (χ1v) is 5.95. The highest BCUT2D eigenvalue weighted by atomic mass is 16.4. The van der Waals surface area contributed by atoms with E-state index in [1.807, 2.05) is 30.3 Å². The zero-order valence-electron chi connectivity index (χ0n) is 10.7. The first kappa shape index (κ1) is 15.3. The van der Waals surface area contributed by atoms with Crippen LogP contribution in [0.2, 0.25) is 0 Å². The van der Waals surface area contributed by atoms with Crippen LogP contribution in [0.3, 0.4) is 0 Å². The van der Waals surface area contributed by atoms with Gasteiger partial charge in [-0.2, -0.15) is 0 Å². The van der Waals surface area contributed by atoms with Crippen molar-refractivity contribution >= 4 is 12.0 Å². The van der Waals surface area contributed by atoms with E-state index in [4.69, 9.17) is 10.6 Å². The molecule has 0 bridgehead atoms. The second-order valence-corrected chi connectivity index (χ2v) is 3.95. The summed E-state index contributed by atoms with van der Waals surface area (Å²) in [6.07, 6.45) is -1.19. The van der Waals surface area contributed by atoms with Crippen molar-refractivity contribution in [1.82, 2.24) is 10.6 Å². The lowest BCUT2D eigenvalue weighted by molar-refractivity contribution is -0.123. The van der Waals surface area contributed by atoms with Gasteiger partial charge in [-0.15, -0.1) is 0 Å². The average Bonchev–Trinajstić information content (AvgIpc) is 2.44. The monoisotopic (exact) mass is 277 g/mol. The number of carbonyl (C=O) groups excluding carboxylic acids is 1. The lowest BCUT2D eigenvalue weighted by Crippen LogP contribution is -2.46. The molecule has 0 aliphatic heterocycles. The minimum Gasteiger partial charge on any atom is -0.465 e. The van der Waals surface area contributed by atoms with Crippen LogP contribution in [0.15, 0.2) is 35.4 Å². The summed E-state index contributed by atoms with van der Waals surface area (Å²) in [5.74, 6) is -0.454. The van der Waals surface area contributed by atoms with E-state index in [1.54, 1.807) is 0 Å². The van der Waals surface area contributed by atoms with Crippen molar-refractivity contribution in [3.63, 3.8) is 0 Å². The van der Waals surface area contributed by atoms with Crippen LogP contribution in [-0.2, 0) is 11.3 Å². The van der Waals surface area contributed by atoms with Crippen molar-refractivity contribution in [2.45, 2.75) is 19.0 Å². The van der Waals surface area contributed by atoms with E-state index in [9.17, 15) is 9.59 Å². The number of amides is 2. The van der Waals surface area contributed by atoms with Gasteiger partial charge in [0.1, 0.15) is 6.04 Å². The molecule has 0 spiro atoms. The van der Waals surface area contributed by atoms with Crippen LogP contribution in [0.25, 0.3) is 10.4 Å². The molecule has 8 nitrogen and oxygen atoms in total. The predicted octanol–water partition coefficient (Wildman–Crippen LogP) is 1.64. The maximum atomic E-state index is 11.9. The van der Waals surface area contributed by atoms with Crippen LogP contribution in [0.5, 0.6) is 0 Å². The van der Waals surface area contributed by atoms with Gasteiger partial charge in [0.2, 0.25) is 5.91 Å². The number of carbonyl (C=O) groups is 2. The van der Waals surface area contributed by atoms with Crippen LogP contribution >= 0.6 is 0 Å². The highest BCUT2D eigenvalue weighted by Gasteiger charge is 2.19. The molecule has 0 aliphatic rings. The van der Waals surface area contributed by atoms with Gasteiger partial charge in [0.25, 0.3) is 0 Å². The Morgan fingerprint density at radius 1 is 1.35 bits per heavy atom. The molecule has 0 radical (unpaired) electrons. The molecule has 0 aromatic heterocycles. The molecule has 1 aromatic carbocycles. The Morgan fingerprint density at radius 3 is 2.65 bits per heavy atom. The van der Waals surface area contributed by atoms with E-state index >= 15 is 0 Å². The van der Waals surface area contributed by atoms with Crippen LogP contribution in [0, 0.1) is 0 Å². The van der Waals surface area contributed by atoms with Gasteiger partial charge in [0.05, 0.1) is 0 Å². The summed E-state index contributed by atoms with van der Waals surface area (Å²) in [6, 6.07) is 8.30. The molecule has 1 unspecified atom stereocenters. The topological polar surface area (TPSA) is 127 Å².